The highest BCUT2D eigenvalue weighted by atomic mass is 16.6. The Labute approximate surface area is 173 Å². The van der Waals surface area contributed by atoms with Gasteiger partial charge in [0.2, 0.25) is 0 Å². The van der Waals surface area contributed by atoms with E-state index in [0.717, 1.165) is 11.1 Å². The topological polar surface area (TPSA) is 99.5 Å². The highest BCUT2D eigenvalue weighted by Gasteiger charge is 2.21. The van der Waals surface area contributed by atoms with Crippen molar-refractivity contribution in [3.8, 4) is 11.3 Å². The number of ether oxygens (including phenoxy) is 2. The highest BCUT2D eigenvalue weighted by Crippen LogP contribution is 2.23. The first-order chi connectivity index (χ1) is 14.6. The summed E-state index contributed by atoms with van der Waals surface area (Å²) in [4.78, 5) is 35.7. The lowest BCUT2D eigenvalue weighted by Gasteiger charge is -2.06. The van der Waals surface area contributed by atoms with Crippen LogP contribution in [0.5, 0.6) is 0 Å². The van der Waals surface area contributed by atoms with E-state index in [-0.39, 0.29) is 12.2 Å². The number of hydrogen-bond acceptors (Lipinski definition) is 6. The van der Waals surface area contributed by atoms with Crippen molar-refractivity contribution < 1.29 is 23.9 Å². The first-order valence-corrected chi connectivity index (χ1v) is 9.37. The van der Waals surface area contributed by atoms with Crippen LogP contribution in [0.2, 0.25) is 0 Å². The molecule has 154 valence electrons. The number of amides is 2. The fraction of sp³-hybridized carbons (Fsp3) is 0.182. The van der Waals surface area contributed by atoms with Crippen LogP contribution < -0.4 is 5.32 Å². The SMILES string of the molecule is CCOC(=O)NC(=O)COC(=O)c1cn(Cc2ccccc2)nc1-c1ccccc1. The zero-order chi connectivity index (χ0) is 21.3. The monoisotopic (exact) mass is 407 g/mol. The van der Waals surface area contributed by atoms with Crippen molar-refractivity contribution in [1.29, 1.82) is 0 Å². The molecule has 3 aromatic rings. The van der Waals surface area contributed by atoms with E-state index in [4.69, 9.17) is 4.74 Å². The lowest BCUT2D eigenvalue weighted by Crippen LogP contribution is -2.34. The number of alkyl carbamates (subject to hydrolysis) is 1. The number of nitrogens with one attached hydrogen (secondary N) is 1. The Balaban J connectivity index is 1.77. The molecule has 0 unspecified atom stereocenters. The minimum absolute atomic E-state index is 0.125. The van der Waals surface area contributed by atoms with Crippen LogP contribution in [0.25, 0.3) is 11.3 Å². The maximum absolute atomic E-state index is 12.6. The Bertz CT molecular complexity index is 1020. The second-order valence-electron chi connectivity index (χ2n) is 6.29. The van der Waals surface area contributed by atoms with E-state index < -0.39 is 24.6 Å². The lowest BCUT2D eigenvalue weighted by atomic mass is 10.1. The number of imide groups is 1. The van der Waals surface area contributed by atoms with Crippen molar-refractivity contribution in [2.45, 2.75) is 13.5 Å². The van der Waals surface area contributed by atoms with Gasteiger partial charge in [-0.25, -0.2) is 9.59 Å². The van der Waals surface area contributed by atoms with E-state index >= 15 is 0 Å². The van der Waals surface area contributed by atoms with Gasteiger partial charge in [0.05, 0.1) is 13.2 Å². The molecule has 3 rings (SSSR count). The van der Waals surface area contributed by atoms with Crippen molar-refractivity contribution in [3.63, 3.8) is 0 Å². The summed E-state index contributed by atoms with van der Waals surface area (Å²) in [5, 5.41) is 6.51. The van der Waals surface area contributed by atoms with Gasteiger partial charge in [-0.05, 0) is 12.5 Å². The van der Waals surface area contributed by atoms with Crippen LogP contribution >= 0.6 is 0 Å². The van der Waals surface area contributed by atoms with E-state index in [1.165, 1.54) is 0 Å². The average molecular weight is 407 g/mol. The van der Waals surface area contributed by atoms with Crippen LogP contribution in [0, 0.1) is 0 Å². The van der Waals surface area contributed by atoms with Gasteiger partial charge >= 0.3 is 12.1 Å². The fourth-order valence-electron chi connectivity index (χ4n) is 2.76. The van der Waals surface area contributed by atoms with Crippen LogP contribution in [0.3, 0.4) is 0 Å². The molecule has 0 radical (unpaired) electrons. The maximum Gasteiger partial charge on any atom is 0.413 e. The molecule has 1 N–H and O–H groups in total. The molecule has 0 aliphatic heterocycles. The molecule has 0 saturated carbocycles. The summed E-state index contributed by atoms with van der Waals surface area (Å²) in [7, 11) is 0. The summed E-state index contributed by atoms with van der Waals surface area (Å²) in [6.45, 7) is 1.59. The zero-order valence-electron chi connectivity index (χ0n) is 16.4. The third-order valence-corrected chi connectivity index (χ3v) is 4.07. The van der Waals surface area contributed by atoms with Gasteiger partial charge in [0.1, 0.15) is 11.3 Å². The predicted octanol–water partition coefficient (Wildman–Crippen LogP) is 3.03. The molecule has 0 aliphatic rings. The van der Waals surface area contributed by atoms with Crippen molar-refractivity contribution in [1.82, 2.24) is 15.1 Å². The maximum atomic E-state index is 12.6. The molecule has 30 heavy (non-hydrogen) atoms. The van der Waals surface area contributed by atoms with E-state index in [1.807, 2.05) is 66.0 Å². The molecule has 0 fully saturated rings. The number of carbonyl (C=O) groups is 3. The summed E-state index contributed by atoms with van der Waals surface area (Å²) >= 11 is 0. The minimum atomic E-state index is -0.890. The van der Waals surface area contributed by atoms with E-state index in [9.17, 15) is 14.4 Å². The summed E-state index contributed by atoms with van der Waals surface area (Å²) in [5.41, 5.74) is 2.43. The van der Waals surface area contributed by atoms with Crippen LogP contribution in [0.15, 0.2) is 66.9 Å². The molecular weight excluding hydrogens is 386 g/mol. The van der Waals surface area contributed by atoms with Crippen LogP contribution in [-0.4, -0.2) is 41.0 Å². The average Bonchev–Trinajstić information content (AvgIpc) is 3.17. The van der Waals surface area contributed by atoms with Crippen LogP contribution in [0.4, 0.5) is 4.79 Å². The Morgan fingerprint density at radius 2 is 1.63 bits per heavy atom. The van der Waals surface area contributed by atoms with Crippen molar-refractivity contribution in [3.05, 3.63) is 78.0 Å². The van der Waals surface area contributed by atoms with Crippen LogP contribution in [0.1, 0.15) is 22.8 Å². The van der Waals surface area contributed by atoms with Crippen LogP contribution in [-0.2, 0) is 20.8 Å². The number of nitrogens with zero attached hydrogens (tertiary/aromatic N) is 2. The summed E-state index contributed by atoms with van der Waals surface area (Å²) in [6.07, 6.45) is 0.695. The molecule has 8 heteroatoms. The van der Waals surface area contributed by atoms with Gasteiger partial charge < -0.3 is 9.47 Å². The largest absolute Gasteiger partial charge is 0.452 e. The van der Waals surface area contributed by atoms with Gasteiger partial charge in [-0.3, -0.25) is 14.8 Å². The molecule has 0 saturated heterocycles. The number of carbonyl (C=O) groups excluding carboxylic acids is 3. The Kier molecular flexibility index (Phi) is 6.94. The molecule has 1 aromatic heterocycles. The predicted molar refractivity (Wildman–Crippen MR) is 109 cm³/mol. The van der Waals surface area contributed by atoms with E-state index in [1.54, 1.807) is 17.8 Å². The molecule has 0 aliphatic carbocycles. The third-order valence-electron chi connectivity index (χ3n) is 4.07. The number of aromatic nitrogens is 2. The first kappa shape index (κ1) is 20.8. The Morgan fingerprint density at radius 1 is 0.967 bits per heavy atom. The van der Waals surface area contributed by atoms with Gasteiger partial charge in [-0.2, -0.15) is 5.10 Å². The number of benzene rings is 2. The molecule has 0 spiro atoms. The number of hydrogen-bond donors (Lipinski definition) is 1. The lowest BCUT2D eigenvalue weighted by molar-refractivity contribution is -0.123. The van der Waals surface area contributed by atoms with Gasteiger partial charge in [0, 0.05) is 11.8 Å². The summed E-state index contributed by atoms with van der Waals surface area (Å²) in [6, 6.07) is 18.9. The third kappa shape index (κ3) is 5.54. The van der Waals surface area contributed by atoms with Gasteiger partial charge in [-0.15, -0.1) is 0 Å². The van der Waals surface area contributed by atoms with Crippen molar-refractivity contribution in [2.24, 2.45) is 0 Å². The van der Waals surface area contributed by atoms with Gasteiger partial charge in [-0.1, -0.05) is 60.7 Å². The molecule has 0 bridgehead atoms. The number of esters is 1. The van der Waals surface area contributed by atoms with Gasteiger partial charge in [0.25, 0.3) is 5.91 Å². The molecule has 0 atom stereocenters. The summed E-state index contributed by atoms with van der Waals surface area (Å²) < 4.78 is 11.3. The fourth-order valence-corrected chi connectivity index (χ4v) is 2.76. The standard InChI is InChI=1S/C22H21N3O5/c1-2-29-22(28)23-19(26)15-30-21(27)18-14-25(13-16-9-5-3-6-10-16)24-20(18)17-11-7-4-8-12-17/h3-12,14H,2,13,15H2,1H3,(H,23,26,28). The molecule has 8 nitrogen and oxygen atoms in total. The summed E-state index contributed by atoms with van der Waals surface area (Å²) in [5.74, 6) is -1.49. The second-order valence-corrected chi connectivity index (χ2v) is 6.29. The number of rotatable bonds is 7. The minimum Gasteiger partial charge on any atom is -0.452 e. The molecular formula is C22H21N3O5. The quantitative estimate of drug-likeness (QED) is 0.605. The van der Waals surface area contributed by atoms with E-state index in [0.29, 0.717) is 12.2 Å². The highest BCUT2D eigenvalue weighted by molar-refractivity contribution is 5.98. The normalized spacial score (nSPS) is 10.3. The molecule has 2 aromatic carbocycles. The van der Waals surface area contributed by atoms with Crippen molar-refractivity contribution in [2.75, 3.05) is 13.2 Å². The first-order valence-electron chi connectivity index (χ1n) is 9.37. The Morgan fingerprint density at radius 3 is 2.30 bits per heavy atom. The van der Waals surface area contributed by atoms with E-state index in [2.05, 4.69) is 9.84 Å². The Hall–Kier alpha value is -3.94. The second kappa shape index (κ2) is 10.0. The zero-order valence-corrected chi connectivity index (χ0v) is 16.4. The molecule has 1 heterocycles. The van der Waals surface area contributed by atoms with Crippen molar-refractivity contribution >= 4 is 18.0 Å². The van der Waals surface area contributed by atoms with Gasteiger partial charge in [0.15, 0.2) is 6.61 Å². The molecule has 2 amide bonds. The smallest absolute Gasteiger partial charge is 0.413 e.